The van der Waals surface area contributed by atoms with Crippen LogP contribution in [-0.4, -0.2) is 67.0 Å². The molecule has 162 valence electrons. The number of carbonyl (C=O) groups excluding carboxylic acids is 5. The molecule has 1 N–H and O–H groups in total. The van der Waals surface area contributed by atoms with Crippen LogP contribution in [0.25, 0.3) is 0 Å². The van der Waals surface area contributed by atoms with Gasteiger partial charge in [0.25, 0.3) is 0 Å². The summed E-state index contributed by atoms with van der Waals surface area (Å²) >= 11 is 0. The molecule has 0 spiro atoms. The molecule has 0 aromatic carbocycles. The molecule has 0 aliphatic carbocycles. The smallest absolute Gasteiger partial charge is 0.305 e. The number of hydrogen-bond donors (Lipinski definition) is 1. The molecule has 1 saturated heterocycles. The van der Waals surface area contributed by atoms with Gasteiger partial charge in [-0.05, 0) is 6.92 Å². The van der Waals surface area contributed by atoms with Gasteiger partial charge in [0.15, 0.2) is 12.2 Å². The summed E-state index contributed by atoms with van der Waals surface area (Å²) in [5.41, 5.74) is 0.124. The summed E-state index contributed by atoms with van der Waals surface area (Å²) in [5.74, 6) is -3.51. The van der Waals surface area contributed by atoms with E-state index < -0.39 is 60.4 Å². The molecule has 1 amide bonds. The minimum atomic E-state index is -1.42. The predicted molar refractivity (Wildman–Crippen MR) is 94.9 cm³/mol. The van der Waals surface area contributed by atoms with Crippen molar-refractivity contribution in [3.63, 3.8) is 0 Å². The van der Waals surface area contributed by atoms with E-state index >= 15 is 0 Å². The van der Waals surface area contributed by atoms with Crippen molar-refractivity contribution in [3.05, 3.63) is 12.2 Å². The summed E-state index contributed by atoms with van der Waals surface area (Å²) < 4.78 is 26.2. The Kier molecular flexibility index (Phi) is 8.77. The van der Waals surface area contributed by atoms with Gasteiger partial charge in [-0.1, -0.05) is 6.58 Å². The highest BCUT2D eigenvalue weighted by atomic mass is 16.7. The molecular weight excluding hydrogens is 390 g/mol. The maximum absolute atomic E-state index is 12.2. The van der Waals surface area contributed by atoms with E-state index in [9.17, 15) is 24.0 Å². The second-order valence-electron chi connectivity index (χ2n) is 6.38. The normalized spacial score (nSPS) is 25.9. The molecule has 11 nitrogen and oxygen atoms in total. The maximum atomic E-state index is 12.2. The Labute approximate surface area is 167 Å². The lowest BCUT2D eigenvalue weighted by atomic mass is 9.95. The number of amides is 1. The third kappa shape index (κ3) is 7.53. The van der Waals surface area contributed by atoms with Crippen LogP contribution in [0.3, 0.4) is 0 Å². The quantitative estimate of drug-likeness (QED) is 0.336. The summed E-state index contributed by atoms with van der Waals surface area (Å²) in [4.78, 5) is 58.2. The van der Waals surface area contributed by atoms with Gasteiger partial charge < -0.3 is 29.0 Å². The topological polar surface area (TPSA) is 144 Å². The van der Waals surface area contributed by atoms with Crippen LogP contribution < -0.4 is 5.32 Å². The van der Waals surface area contributed by atoms with Crippen LogP contribution in [-0.2, 0) is 47.7 Å². The first kappa shape index (κ1) is 24.1. The zero-order chi connectivity index (χ0) is 22.3. The van der Waals surface area contributed by atoms with Gasteiger partial charge >= 0.3 is 23.9 Å². The van der Waals surface area contributed by atoms with E-state index in [4.69, 9.17) is 23.7 Å². The molecule has 0 unspecified atom stereocenters. The van der Waals surface area contributed by atoms with E-state index in [1.54, 1.807) is 0 Å². The summed E-state index contributed by atoms with van der Waals surface area (Å²) in [6.45, 7) is 9.07. The van der Waals surface area contributed by atoms with E-state index in [-0.39, 0.29) is 12.2 Å². The first-order valence-electron chi connectivity index (χ1n) is 8.69. The monoisotopic (exact) mass is 415 g/mol. The van der Waals surface area contributed by atoms with Gasteiger partial charge in [0, 0.05) is 33.3 Å². The Hall–Kier alpha value is -2.95. The number of carbonyl (C=O) groups is 5. The average Bonchev–Trinajstić information content (AvgIpc) is 2.56. The number of esters is 4. The van der Waals surface area contributed by atoms with E-state index in [1.807, 2.05) is 0 Å². The van der Waals surface area contributed by atoms with Crippen molar-refractivity contribution in [1.82, 2.24) is 5.32 Å². The van der Waals surface area contributed by atoms with E-state index in [2.05, 4.69) is 11.9 Å². The Morgan fingerprint density at radius 3 is 1.79 bits per heavy atom. The van der Waals surface area contributed by atoms with Gasteiger partial charge in [-0.15, -0.1) is 0 Å². The van der Waals surface area contributed by atoms with Crippen LogP contribution in [0.15, 0.2) is 12.2 Å². The molecule has 1 aliphatic rings. The fraction of sp³-hybridized carbons (Fsp3) is 0.611. The molecular formula is C18H25NO10. The molecule has 5 atom stereocenters. The predicted octanol–water partition coefficient (Wildman–Crippen LogP) is -0.238. The zero-order valence-corrected chi connectivity index (χ0v) is 16.9. The highest BCUT2D eigenvalue weighted by Crippen LogP contribution is 2.28. The molecule has 0 radical (unpaired) electrons. The van der Waals surface area contributed by atoms with Gasteiger partial charge in [0.2, 0.25) is 12.2 Å². The molecule has 29 heavy (non-hydrogen) atoms. The summed E-state index contributed by atoms with van der Waals surface area (Å²) in [5, 5.41) is 2.50. The SMILES string of the molecule is C=C(C)C(=O)N[C@H]1[C@@H](OC(C)=O)O[C@@H](COC(C)=O)[C@@H](OC(C)=O)[C@@H]1OC(C)=O. The van der Waals surface area contributed by atoms with Crippen LogP contribution >= 0.6 is 0 Å². The van der Waals surface area contributed by atoms with Crippen LogP contribution in [0.1, 0.15) is 34.6 Å². The number of nitrogens with one attached hydrogen (secondary N) is 1. The van der Waals surface area contributed by atoms with Gasteiger partial charge in [0.05, 0.1) is 0 Å². The van der Waals surface area contributed by atoms with Crippen molar-refractivity contribution in [2.75, 3.05) is 6.61 Å². The number of rotatable bonds is 7. The maximum Gasteiger partial charge on any atom is 0.305 e. The number of hydrogen-bond acceptors (Lipinski definition) is 10. The van der Waals surface area contributed by atoms with Gasteiger partial charge in [-0.3, -0.25) is 24.0 Å². The molecule has 1 heterocycles. The van der Waals surface area contributed by atoms with Crippen LogP contribution in [0.4, 0.5) is 0 Å². The Morgan fingerprint density at radius 1 is 0.828 bits per heavy atom. The third-order valence-corrected chi connectivity index (χ3v) is 3.67. The lowest BCUT2D eigenvalue weighted by Gasteiger charge is -2.44. The first-order chi connectivity index (χ1) is 13.4. The van der Waals surface area contributed by atoms with Crippen molar-refractivity contribution in [3.8, 4) is 0 Å². The van der Waals surface area contributed by atoms with E-state index in [1.165, 1.54) is 6.92 Å². The second kappa shape index (κ2) is 10.6. The van der Waals surface area contributed by atoms with Crippen molar-refractivity contribution >= 4 is 29.8 Å². The molecule has 1 rings (SSSR count). The van der Waals surface area contributed by atoms with Crippen molar-refractivity contribution < 1.29 is 47.7 Å². The average molecular weight is 415 g/mol. The lowest BCUT2D eigenvalue weighted by molar-refractivity contribution is -0.270. The standard InChI is InChI=1S/C18H25NO10/c1-8(2)17(24)19-14-16(27-11(5)22)15(26-10(4)21)13(7-25-9(3)20)29-18(14)28-12(6)23/h13-16,18H,1,7H2,2-6H3,(H,19,24)/t13-,14+,15+,16+,18-/m0/s1. The van der Waals surface area contributed by atoms with Crippen molar-refractivity contribution in [2.24, 2.45) is 0 Å². The van der Waals surface area contributed by atoms with Crippen LogP contribution in [0, 0.1) is 0 Å². The zero-order valence-electron chi connectivity index (χ0n) is 16.9. The summed E-state index contributed by atoms with van der Waals surface area (Å²) in [6.07, 6.45) is -5.14. The Balaban J connectivity index is 3.36. The molecule has 11 heteroatoms. The van der Waals surface area contributed by atoms with Gasteiger partial charge in [-0.2, -0.15) is 0 Å². The molecule has 0 saturated carbocycles. The van der Waals surface area contributed by atoms with Crippen LogP contribution in [0.2, 0.25) is 0 Å². The molecule has 0 bridgehead atoms. The second-order valence-corrected chi connectivity index (χ2v) is 6.38. The van der Waals surface area contributed by atoms with Gasteiger partial charge in [0.1, 0.15) is 18.8 Å². The largest absolute Gasteiger partial charge is 0.463 e. The highest BCUT2D eigenvalue weighted by molar-refractivity contribution is 5.92. The van der Waals surface area contributed by atoms with E-state index in [0.717, 1.165) is 27.7 Å². The highest BCUT2D eigenvalue weighted by Gasteiger charge is 2.52. The number of ether oxygens (including phenoxy) is 5. The lowest BCUT2D eigenvalue weighted by Crippen LogP contribution is -2.67. The fourth-order valence-corrected chi connectivity index (χ4v) is 2.59. The molecule has 1 aliphatic heterocycles. The minimum absolute atomic E-state index is 0.124. The fourth-order valence-electron chi connectivity index (χ4n) is 2.59. The van der Waals surface area contributed by atoms with E-state index in [0.29, 0.717) is 0 Å². The minimum Gasteiger partial charge on any atom is -0.463 e. The van der Waals surface area contributed by atoms with Crippen LogP contribution in [0.5, 0.6) is 0 Å². The molecule has 0 aromatic rings. The molecule has 1 fully saturated rings. The summed E-state index contributed by atoms with van der Waals surface area (Å²) in [7, 11) is 0. The van der Waals surface area contributed by atoms with Gasteiger partial charge in [-0.25, -0.2) is 0 Å². The first-order valence-corrected chi connectivity index (χ1v) is 8.69. The summed E-state index contributed by atoms with van der Waals surface area (Å²) in [6, 6.07) is -1.23. The Bertz CT molecular complexity index is 688. The Morgan fingerprint density at radius 2 is 1.34 bits per heavy atom. The van der Waals surface area contributed by atoms with Crippen molar-refractivity contribution in [2.45, 2.75) is 65.3 Å². The third-order valence-electron chi connectivity index (χ3n) is 3.67. The van der Waals surface area contributed by atoms with Crippen molar-refractivity contribution in [1.29, 1.82) is 0 Å². The molecule has 0 aromatic heterocycles.